The highest BCUT2D eigenvalue weighted by atomic mass is 79.9. The van der Waals surface area contributed by atoms with Crippen molar-refractivity contribution in [2.24, 2.45) is 0 Å². The number of aryl methyl sites for hydroxylation is 1. The Labute approximate surface area is 124 Å². The van der Waals surface area contributed by atoms with Gasteiger partial charge in [0.1, 0.15) is 23.5 Å². The molecule has 1 heterocycles. The number of fused-ring (bicyclic) bond motifs is 1. The van der Waals surface area contributed by atoms with Crippen LogP contribution in [-0.2, 0) is 6.42 Å². The Bertz CT molecular complexity index is 632. The summed E-state index contributed by atoms with van der Waals surface area (Å²) in [6.45, 7) is 1.63. The highest BCUT2D eigenvalue weighted by Crippen LogP contribution is 2.39. The van der Waals surface area contributed by atoms with E-state index in [2.05, 4.69) is 15.9 Å². The molecular weight excluding hydrogens is 326 g/mol. The summed E-state index contributed by atoms with van der Waals surface area (Å²) < 4.78 is 33.1. The third-order valence-corrected chi connectivity index (χ3v) is 4.66. The lowest BCUT2D eigenvalue weighted by atomic mass is 10.0. The first-order valence-corrected chi connectivity index (χ1v) is 7.32. The van der Waals surface area contributed by atoms with Gasteiger partial charge in [-0.3, -0.25) is 0 Å². The van der Waals surface area contributed by atoms with Gasteiger partial charge >= 0.3 is 0 Å². The van der Waals surface area contributed by atoms with Gasteiger partial charge in [-0.05, 0) is 30.2 Å². The molecule has 0 N–H and O–H groups in total. The molecule has 2 aromatic carbocycles. The molecule has 0 saturated heterocycles. The highest BCUT2D eigenvalue weighted by molar-refractivity contribution is 9.09. The van der Waals surface area contributed by atoms with E-state index in [9.17, 15) is 8.78 Å². The monoisotopic (exact) mass is 338 g/mol. The van der Waals surface area contributed by atoms with Crippen molar-refractivity contribution in [1.82, 2.24) is 0 Å². The van der Waals surface area contributed by atoms with Gasteiger partial charge in [0.25, 0.3) is 0 Å². The van der Waals surface area contributed by atoms with Gasteiger partial charge in [0.15, 0.2) is 0 Å². The van der Waals surface area contributed by atoms with Crippen LogP contribution in [-0.4, -0.2) is 6.10 Å². The van der Waals surface area contributed by atoms with Crippen LogP contribution in [0.1, 0.15) is 21.5 Å². The van der Waals surface area contributed by atoms with E-state index in [1.807, 2.05) is 24.3 Å². The van der Waals surface area contributed by atoms with Crippen LogP contribution in [0, 0.1) is 18.6 Å². The number of halogens is 3. The van der Waals surface area contributed by atoms with Crippen molar-refractivity contribution in [2.75, 3.05) is 0 Å². The summed E-state index contributed by atoms with van der Waals surface area (Å²) in [6, 6.07) is 10.2. The zero-order chi connectivity index (χ0) is 14.3. The van der Waals surface area contributed by atoms with E-state index in [1.54, 1.807) is 6.92 Å². The van der Waals surface area contributed by atoms with E-state index < -0.39 is 11.6 Å². The molecule has 104 valence electrons. The van der Waals surface area contributed by atoms with Crippen LogP contribution in [0.4, 0.5) is 8.78 Å². The Morgan fingerprint density at radius 1 is 1.20 bits per heavy atom. The molecular formula is C16H13BrF2O. The molecule has 1 aliphatic rings. The zero-order valence-electron chi connectivity index (χ0n) is 10.9. The Balaban J connectivity index is 1.88. The summed E-state index contributed by atoms with van der Waals surface area (Å²) in [5.41, 5.74) is 1.98. The largest absolute Gasteiger partial charge is 0.488 e. The van der Waals surface area contributed by atoms with Gasteiger partial charge in [0.05, 0.1) is 4.83 Å². The summed E-state index contributed by atoms with van der Waals surface area (Å²) in [5, 5.41) is 0. The maximum atomic E-state index is 13.9. The second-order valence-corrected chi connectivity index (χ2v) is 5.98. The van der Waals surface area contributed by atoms with E-state index in [1.165, 1.54) is 6.07 Å². The Morgan fingerprint density at radius 3 is 2.70 bits per heavy atom. The predicted octanol–water partition coefficient (Wildman–Crippen LogP) is 4.71. The van der Waals surface area contributed by atoms with Gasteiger partial charge in [-0.2, -0.15) is 0 Å². The lowest BCUT2D eigenvalue weighted by molar-refractivity contribution is 0.230. The van der Waals surface area contributed by atoms with Gasteiger partial charge in [-0.15, -0.1) is 0 Å². The maximum Gasteiger partial charge on any atom is 0.130 e. The summed E-state index contributed by atoms with van der Waals surface area (Å²) in [7, 11) is 0. The Morgan fingerprint density at radius 2 is 1.95 bits per heavy atom. The molecule has 2 unspecified atom stereocenters. The van der Waals surface area contributed by atoms with Crippen LogP contribution >= 0.6 is 15.9 Å². The molecule has 0 aromatic heterocycles. The van der Waals surface area contributed by atoms with Crippen LogP contribution in [0.15, 0.2) is 36.4 Å². The van der Waals surface area contributed by atoms with Crippen molar-refractivity contribution in [2.45, 2.75) is 24.3 Å². The van der Waals surface area contributed by atoms with Crippen LogP contribution < -0.4 is 4.74 Å². The minimum atomic E-state index is -0.547. The maximum absolute atomic E-state index is 13.9. The Kier molecular flexibility index (Phi) is 3.50. The minimum Gasteiger partial charge on any atom is -0.488 e. The minimum absolute atomic E-state index is 0.188. The molecule has 1 nitrogen and oxygen atoms in total. The number of para-hydroxylation sites is 1. The average Bonchev–Trinajstić information content (AvgIpc) is 2.86. The summed E-state index contributed by atoms with van der Waals surface area (Å²) in [6.07, 6.45) is 0.522. The molecule has 2 aromatic rings. The molecule has 4 heteroatoms. The molecule has 0 radical (unpaired) electrons. The molecule has 1 aliphatic heterocycles. The van der Waals surface area contributed by atoms with Crippen molar-refractivity contribution in [3.05, 3.63) is 64.7 Å². The molecule has 0 saturated carbocycles. The van der Waals surface area contributed by atoms with E-state index in [4.69, 9.17) is 4.74 Å². The van der Waals surface area contributed by atoms with Crippen molar-refractivity contribution in [3.63, 3.8) is 0 Å². The van der Waals surface area contributed by atoms with Crippen LogP contribution in [0.25, 0.3) is 0 Å². The number of benzene rings is 2. The second kappa shape index (κ2) is 5.17. The molecule has 0 fully saturated rings. The van der Waals surface area contributed by atoms with Gasteiger partial charge in [0, 0.05) is 18.1 Å². The van der Waals surface area contributed by atoms with Crippen molar-refractivity contribution >= 4 is 15.9 Å². The number of ether oxygens (including phenoxy) is 1. The summed E-state index contributed by atoms with van der Waals surface area (Å²) in [5.74, 6) is -0.239. The first-order valence-electron chi connectivity index (χ1n) is 6.40. The Hall–Kier alpha value is -1.42. The second-order valence-electron chi connectivity index (χ2n) is 4.99. The van der Waals surface area contributed by atoms with Crippen LogP contribution in [0.2, 0.25) is 0 Å². The summed E-state index contributed by atoms with van der Waals surface area (Å²) >= 11 is 3.49. The fraction of sp³-hybridized carbons (Fsp3) is 0.250. The fourth-order valence-corrected chi connectivity index (χ4v) is 3.11. The van der Waals surface area contributed by atoms with Crippen molar-refractivity contribution < 1.29 is 13.5 Å². The molecule has 0 amide bonds. The number of hydrogen-bond donors (Lipinski definition) is 0. The normalized spacial score (nSPS) is 18.5. The number of rotatable bonds is 2. The first-order chi connectivity index (χ1) is 9.56. The quantitative estimate of drug-likeness (QED) is 0.720. The molecule has 0 spiro atoms. The van der Waals surface area contributed by atoms with Crippen molar-refractivity contribution in [3.8, 4) is 5.75 Å². The van der Waals surface area contributed by atoms with E-state index in [0.717, 1.165) is 17.4 Å². The van der Waals surface area contributed by atoms with E-state index >= 15 is 0 Å². The summed E-state index contributed by atoms with van der Waals surface area (Å²) in [4.78, 5) is -0.311. The molecule has 0 bridgehead atoms. The predicted molar refractivity (Wildman–Crippen MR) is 77.3 cm³/mol. The van der Waals surface area contributed by atoms with Crippen molar-refractivity contribution in [1.29, 1.82) is 0 Å². The average molecular weight is 339 g/mol. The highest BCUT2D eigenvalue weighted by Gasteiger charge is 2.31. The number of hydrogen-bond acceptors (Lipinski definition) is 1. The SMILES string of the molecule is Cc1cc(C(Br)C2Cc3ccccc3O2)c(F)cc1F. The van der Waals surface area contributed by atoms with E-state index in [0.29, 0.717) is 17.5 Å². The third kappa shape index (κ3) is 2.33. The van der Waals surface area contributed by atoms with Gasteiger partial charge < -0.3 is 4.74 Å². The third-order valence-electron chi connectivity index (χ3n) is 3.57. The van der Waals surface area contributed by atoms with Gasteiger partial charge in [-0.1, -0.05) is 34.1 Å². The molecule has 2 atom stereocenters. The van der Waals surface area contributed by atoms with Gasteiger partial charge in [0.2, 0.25) is 0 Å². The van der Waals surface area contributed by atoms with Gasteiger partial charge in [-0.25, -0.2) is 8.78 Å². The lowest BCUT2D eigenvalue weighted by Gasteiger charge is -2.19. The lowest BCUT2D eigenvalue weighted by Crippen LogP contribution is -2.20. The molecule has 20 heavy (non-hydrogen) atoms. The standard InChI is InChI=1S/C16H13BrF2O/c1-9-6-11(13(19)8-12(9)18)16(17)15-7-10-4-2-3-5-14(10)20-15/h2-6,8,15-16H,7H2,1H3. The molecule has 0 aliphatic carbocycles. The van der Waals surface area contributed by atoms with Crippen LogP contribution in [0.3, 0.4) is 0 Å². The molecule has 3 rings (SSSR count). The topological polar surface area (TPSA) is 9.23 Å². The number of alkyl halides is 1. The first kappa shape index (κ1) is 13.6. The smallest absolute Gasteiger partial charge is 0.130 e. The van der Waals surface area contributed by atoms with Crippen LogP contribution in [0.5, 0.6) is 5.75 Å². The fourth-order valence-electron chi connectivity index (χ4n) is 2.46. The van der Waals surface area contributed by atoms with E-state index in [-0.39, 0.29) is 10.9 Å². The zero-order valence-corrected chi connectivity index (χ0v) is 12.5.